The molecular formula is C19H21NO5. The molecule has 3 rings (SSSR count). The van der Waals surface area contributed by atoms with Gasteiger partial charge in [-0.2, -0.15) is 0 Å². The monoisotopic (exact) mass is 343 g/mol. The Morgan fingerprint density at radius 2 is 2.00 bits per heavy atom. The highest BCUT2D eigenvalue weighted by molar-refractivity contribution is 5.85. The number of amides is 1. The van der Waals surface area contributed by atoms with Gasteiger partial charge in [-0.05, 0) is 22.8 Å². The number of carboxylic acids is 1. The Morgan fingerprint density at radius 1 is 1.20 bits per heavy atom. The lowest BCUT2D eigenvalue weighted by Crippen LogP contribution is -2.51. The van der Waals surface area contributed by atoms with Crippen LogP contribution in [0.15, 0.2) is 42.5 Å². The summed E-state index contributed by atoms with van der Waals surface area (Å²) >= 11 is 0. The topological polar surface area (TPSA) is 84.9 Å². The summed E-state index contributed by atoms with van der Waals surface area (Å²) in [6.07, 6.45) is 0.478. The molecule has 0 aliphatic carbocycles. The molecule has 0 radical (unpaired) electrons. The highest BCUT2D eigenvalue weighted by atomic mass is 16.5. The Balaban J connectivity index is 1.60. The number of fused-ring (bicyclic) bond motifs is 1. The Hall–Kier alpha value is -2.44. The predicted octanol–water partition coefficient (Wildman–Crippen LogP) is 1.76. The van der Waals surface area contributed by atoms with E-state index < -0.39 is 5.97 Å². The largest absolute Gasteiger partial charge is 0.480 e. The molecule has 0 bridgehead atoms. The van der Waals surface area contributed by atoms with Crippen molar-refractivity contribution in [1.82, 2.24) is 5.32 Å². The van der Waals surface area contributed by atoms with Gasteiger partial charge in [0, 0.05) is 6.61 Å². The SMILES string of the molecule is O=C(O)CO[C@@H]1CCOC[C@@H]1NC(=O)Cc1ccc2ccccc2c1. The zero-order chi connectivity index (χ0) is 17.6. The van der Waals surface area contributed by atoms with Crippen LogP contribution in [0.2, 0.25) is 0 Å². The van der Waals surface area contributed by atoms with Crippen LogP contribution in [0.4, 0.5) is 0 Å². The number of hydrogen-bond donors (Lipinski definition) is 2. The fraction of sp³-hybridized carbons (Fsp3) is 0.368. The Labute approximate surface area is 145 Å². The van der Waals surface area contributed by atoms with Crippen LogP contribution in [0.25, 0.3) is 10.8 Å². The molecule has 2 N–H and O–H groups in total. The highest BCUT2D eigenvalue weighted by Crippen LogP contribution is 2.17. The Kier molecular flexibility index (Phi) is 5.63. The number of nitrogens with one attached hydrogen (secondary N) is 1. The number of carbonyl (C=O) groups is 2. The molecule has 6 nitrogen and oxygen atoms in total. The third kappa shape index (κ3) is 4.78. The maximum Gasteiger partial charge on any atom is 0.329 e. The zero-order valence-corrected chi connectivity index (χ0v) is 13.8. The third-order valence-corrected chi connectivity index (χ3v) is 4.24. The zero-order valence-electron chi connectivity index (χ0n) is 13.8. The molecule has 0 saturated carbocycles. The van der Waals surface area contributed by atoms with Crippen LogP contribution in [-0.2, 0) is 25.5 Å². The number of hydrogen-bond acceptors (Lipinski definition) is 4. The van der Waals surface area contributed by atoms with Gasteiger partial charge in [0.25, 0.3) is 0 Å². The standard InChI is InChI=1S/C19H21NO5/c21-18(10-13-5-6-14-3-1-2-4-15(14)9-13)20-16-11-24-8-7-17(16)25-12-19(22)23/h1-6,9,16-17H,7-8,10-12H2,(H,20,21)(H,22,23)/t16-,17+/m0/s1. The molecule has 0 spiro atoms. The van der Waals surface area contributed by atoms with Gasteiger partial charge in [0.05, 0.1) is 25.2 Å². The number of aliphatic carboxylic acids is 1. The molecule has 1 heterocycles. The van der Waals surface area contributed by atoms with Gasteiger partial charge in [0.15, 0.2) is 0 Å². The van der Waals surface area contributed by atoms with E-state index in [9.17, 15) is 9.59 Å². The van der Waals surface area contributed by atoms with Crippen molar-refractivity contribution in [2.75, 3.05) is 19.8 Å². The summed E-state index contributed by atoms with van der Waals surface area (Å²) in [6.45, 7) is 0.455. The van der Waals surface area contributed by atoms with Crippen molar-refractivity contribution >= 4 is 22.6 Å². The summed E-state index contributed by atoms with van der Waals surface area (Å²) in [5.74, 6) is -1.15. The number of carbonyl (C=O) groups excluding carboxylic acids is 1. The van der Waals surface area contributed by atoms with E-state index in [1.165, 1.54) is 0 Å². The van der Waals surface area contributed by atoms with Crippen molar-refractivity contribution in [2.24, 2.45) is 0 Å². The van der Waals surface area contributed by atoms with E-state index in [1.807, 2.05) is 42.5 Å². The molecule has 1 fully saturated rings. The Morgan fingerprint density at radius 3 is 2.80 bits per heavy atom. The van der Waals surface area contributed by atoms with Crippen LogP contribution in [0.5, 0.6) is 0 Å². The minimum absolute atomic E-state index is 0.130. The van der Waals surface area contributed by atoms with Crippen LogP contribution in [0, 0.1) is 0 Å². The maximum atomic E-state index is 12.4. The third-order valence-electron chi connectivity index (χ3n) is 4.24. The van der Waals surface area contributed by atoms with Gasteiger partial charge >= 0.3 is 5.97 Å². The molecule has 25 heavy (non-hydrogen) atoms. The van der Waals surface area contributed by atoms with Crippen molar-refractivity contribution < 1.29 is 24.2 Å². The molecule has 2 aromatic rings. The van der Waals surface area contributed by atoms with Gasteiger partial charge in [0.2, 0.25) is 5.91 Å². The van der Waals surface area contributed by atoms with Gasteiger partial charge in [-0.3, -0.25) is 4.79 Å². The van der Waals surface area contributed by atoms with Crippen LogP contribution < -0.4 is 5.32 Å². The van der Waals surface area contributed by atoms with E-state index in [0.29, 0.717) is 19.6 Å². The molecule has 132 valence electrons. The van der Waals surface area contributed by atoms with Crippen molar-refractivity contribution in [3.63, 3.8) is 0 Å². The summed E-state index contributed by atoms with van der Waals surface area (Å²) in [6, 6.07) is 13.6. The van der Waals surface area contributed by atoms with Crippen LogP contribution in [0.1, 0.15) is 12.0 Å². The van der Waals surface area contributed by atoms with E-state index in [0.717, 1.165) is 16.3 Å². The fourth-order valence-corrected chi connectivity index (χ4v) is 3.02. The molecule has 2 aromatic carbocycles. The van der Waals surface area contributed by atoms with E-state index in [1.54, 1.807) is 0 Å². The van der Waals surface area contributed by atoms with E-state index in [4.69, 9.17) is 14.6 Å². The molecule has 1 aliphatic heterocycles. The smallest absolute Gasteiger partial charge is 0.329 e. The van der Waals surface area contributed by atoms with Gasteiger partial charge in [-0.25, -0.2) is 4.79 Å². The first-order chi connectivity index (χ1) is 12.1. The molecule has 6 heteroatoms. The van der Waals surface area contributed by atoms with Gasteiger partial charge in [-0.15, -0.1) is 0 Å². The summed E-state index contributed by atoms with van der Waals surface area (Å²) in [5.41, 5.74) is 0.927. The van der Waals surface area contributed by atoms with Gasteiger partial charge in [-0.1, -0.05) is 42.5 Å². The van der Waals surface area contributed by atoms with Crippen molar-refractivity contribution in [2.45, 2.75) is 25.0 Å². The van der Waals surface area contributed by atoms with Crippen molar-refractivity contribution in [3.8, 4) is 0 Å². The second-order valence-electron chi connectivity index (χ2n) is 6.14. The average molecular weight is 343 g/mol. The average Bonchev–Trinajstić information content (AvgIpc) is 2.60. The number of benzene rings is 2. The molecule has 1 amide bonds. The summed E-state index contributed by atoms with van der Waals surface area (Å²) < 4.78 is 10.8. The van der Waals surface area contributed by atoms with Gasteiger partial charge in [0.1, 0.15) is 6.61 Å². The molecule has 1 saturated heterocycles. The maximum absolute atomic E-state index is 12.4. The van der Waals surface area contributed by atoms with E-state index in [2.05, 4.69) is 5.32 Å². The quantitative estimate of drug-likeness (QED) is 0.835. The summed E-state index contributed by atoms with van der Waals surface area (Å²) in [7, 11) is 0. The lowest BCUT2D eigenvalue weighted by Gasteiger charge is -2.31. The van der Waals surface area contributed by atoms with E-state index in [-0.39, 0.29) is 31.1 Å². The lowest BCUT2D eigenvalue weighted by atomic mass is 10.0. The summed E-state index contributed by atoms with van der Waals surface area (Å²) in [5, 5.41) is 13.9. The van der Waals surface area contributed by atoms with Crippen LogP contribution >= 0.6 is 0 Å². The first-order valence-corrected chi connectivity index (χ1v) is 8.30. The highest BCUT2D eigenvalue weighted by Gasteiger charge is 2.28. The van der Waals surface area contributed by atoms with E-state index >= 15 is 0 Å². The first-order valence-electron chi connectivity index (χ1n) is 8.30. The first kappa shape index (κ1) is 17.4. The van der Waals surface area contributed by atoms with Crippen molar-refractivity contribution in [3.05, 3.63) is 48.0 Å². The molecular weight excluding hydrogens is 322 g/mol. The van der Waals surface area contributed by atoms with Crippen LogP contribution in [0.3, 0.4) is 0 Å². The van der Waals surface area contributed by atoms with Gasteiger partial charge < -0.3 is 19.9 Å². The van der Waals surface area contributed by atoms with Crippen molar-refractivity contribution in [1.29, 1.82) is 0 Å². The molecule has 0 unspecified atom stereocenters. The van der Waals surface area contributed by atoms with Crippen LogP contribution in [-0.4, -0.2) is 48.9 Å². The molecule has 1 aliphatic rings. The molecule has 2 atom stereocenters. The number of rotatable bonds is 6. The number of carboxylic acid groups (broad SMARTS) is 1. The minimum atomic E-state index is -1.02. The lowest BCUT2D eigenvalue weighted by molar-refractivity contribution is -0.148. The Bertz CT molecular complexity index is 760. The molecule has 0 aromatic heterocycles. The predicted molar refractivity (Wildman–Crippen MR) is 92.4 cm³/mol. The normalized spacial score (nSPS) is 20.3. The number of ether oxygens (including phenoxy) is 2. The second-order valence-corrected chi connectivity index (χ2v) is 6.14. The fourth-order valence-electron chi connectivity index (χ4n) is 3.02. The minimum Gasteiger partial charge on any atom is -0.480 e. The summed E-state index contributed by atoms with van der Waals surface area (Å²) in [4.78, 5) is 23.0. The second kappa shape index (κ2) is 8.09.